The van der Waals surface area contributed by atoms with Crippen LogP contribution in [0.1, 0.15) is 48.2 Å². The second-order valence-electron chi connectivity index (χ2n) is 12.1. The van der Waals surface area contributed by atoms with Gasteiger partial charge in [-0.2, -0.15) is 5.10 Å². The lowest BCUT2D eigenvalue weighted by atomic mass is 9.92. The van der Waals surface area contributed by atoms with Crippen LogP contribution in [0, 0.1) is 6.92 Å². The van der Waals surface area contributed by atoms with Gasteiger partial charge in [0.25, 0.3) is 5.91 Å². The molecule has 0 radical (unpaired) electrons. The molecule has 0 saturated heterocycles. The first-order valence-corrected chi connectivity index (χ1v) is 17.2. The van der Waals surface area contributed by atoms with Crippen molar-refractivity contribution in [1.82, 2.24) is 9.78 Å². The van der Waals surface area contributed by atoms with Crippen molar-refractivity contribution in [2.24, 2.45) is 4.99 Å². The Labute approximate surface area is 284 Å². The number of aliphatic imine (C=N–C) groups is 1. The molecule has 1 amide bonds. The molecule has 1 atom stereocenters. The van der Waals surface area contributed by atoms with Crippen molar-refractivity contribution in [2.75, 3.05) is 31.5 Å². The van der Waals surface area contributed by atoms with E-state index < -0.39 is 15.9 Å². The van der Waals surface area contributed by atoms with Crippen molar-refractivity contribution in [1.29, 1.82) is 0 Å². The number of aromatic nitrogens is 2. The predicted octanol–water partition coefficient (Wildman–Crippen LogP) is 6.75. The molecule has 49 heavy (non-hydrogen) atoms. The summed E-state index contributed by atoms with van der Waals surface area (Å²) in [6.45, 7) is 6.00. The van der Waals surface area contributed by atoms with E-state index in [1.54, 1.807) is 68.5 Å². The van der Waals surface area contributed by atoms with Gasteiger partial charge >= 0.3 is 0 Å². The van der Waals surface area contributed by atoms with Gasteiger partial charge in [0.05, 0.1) is 59.9 Å². The number of hydrogen-bond donors (Lipinski definition) is 1. The molecule has 0 bridgehead atoms. The number of benzene rings is 4. The highest BCUT2D eigenvalue weighted by atomic mass is 32.2. The third kappa shape index (κ3) is 5.10. The van der Waals surface area contributed by atoms with Gasteiger partial charge in [0, 0.05) is 11.1 Å². The maximum absolute atomic E-state index is 13.7. The Morgan fingerprint density at radius 3 is 2.10 bits per heavy atom. The van der Waals surface area contributed by atoms with E-state index in [1.165, 1.54) is 0 Å². The summed E-state index contributed by atoms with van der Waals surface area (Å²) in [7, 11) is 0.892. The number of amidine groups is 1. The van der Waals surface area contributed by atoms with Crippen LogP contribution < -0.4 is 24.4 Å². The first kappa shape index (κ1) is 32.0. The van der Waals surface area contributed by atoms with Gasteiger partial charge in [-0.1, -0.05) is 38.1 Å². The summed E-state index contributed by atoms with van der Waals surface area (Å²) in [4.78, 5) is 20.9. The SMILES string of the molecule is COc1ccc([C@H]2c3c(C)nn(-c4ccc(S(=O)(=O)c5ccc(C(C)C)cc5)cc4)c3N=C3C(=O)Nc4ccccc4N32)c(OC)c1OC. The third-order valence-electron chi connectivity index (χ3n) is 8.95. The number of nitrogens with one attached hydrogen (secondary N) is 1. The van der Waals surface area contributed by atoms with Crippen LogP contribution in [0.3, 0.4) is 0 Å². The largest absolute Gasteiger partial charge is 0.493 e. The number of carbonyl (C=O) groups excluding carboxylic acids is 1. The van der Waals surface area contributed by atoms with Gasteiger partial charge in [0.15, 0.2) is 17.3 Å². The maximum atomic E-state index is 13.7. The molecule has 1 aromatic heterocycles. The molecule has 5 aromatic rings. The van der Waals surface area contributed by atoms with Crippen LogP contribution in [0.4, 0.5) is 17.2 Å². The molecular weight excluding hydrogens is 643 g/mol. The Morgan fingerprint density at radius 2 is 1.47 bits per heavy atom. The van der Waals surface area contributed by atoms with Crippen LogP contribution in [-0.4, -0.2) is 51.3 Å². The minimum absolute atomic E-state index is 0.153. The molecule has 250 valence electrons. The van der Waals surface area contributed by atoms with E-state index in [0.717, 1.165) is 16.8 Å². The van der Waals surface area contributed by atoms with Crippen LogP contribution in [0.2, 0.25) is 0 Å². The van der Waals surface area contributed by atoms with Gasteiger partial charge in [0.2, 0.25) is 21.4 Å². The van der Waals surface area contributed by atoms with E-state index in [0.29, 0.717) is 45.7 Å². The molecule has 0 unspecified atom stereocenters. The zero-order chi connectivity index (χ0) is 34.6. The van der Waals surface area contributed by atoms with Crippen molar-refractivity contribution >= 4 is 38.8 Å². The van der Waals surface area contributed by atoms with Gasteiger partial charge in [-0.15, -0.1) is 0 Å². The Kier molecular flexibility index (Phi) is 7.90. The van der Waals surface area contributed by atoms with E-state index >= 15 is 0 Å². The average molecular weight is 678 g/mol. The summed E-state index contributed by atoms with van der Waals surface area (Å²) < 4.78 is 46.0. The number of methoxy groups -OCH3 is 3. The fourth-order valence-corrected chi connectivity index (χ4v) is 7.75. The van der Waals surface area contributed by atoms with Crippen molar-refractivity contribution in [3.8, 4) is 22.9 Å². The average Bonchev–Trinajstić information content (AvgIpc) is 3.45. The molecule has 2 aliphatic heterocycles. The van der Waals surface area contributed by atoms with Gasteiger partial charge in [-0.25, -0.2) is 18.1 Å². The van der Waals surface area contributed by atoms with Gasteiger partial charge in [-0.3, -0.25) is 4.79 Å². The molecule has 1 N–H and O–H groups in total. The number of anilines is 2. The Morgan fingerprint density at radius 1 is 0.816 bits per heavy atom. The molecule has 0 fully saturated rings. The lowest BCUT2D eigenvalue weighted by Gasteiger charge is -2.41. The van der Waals surface area contributed by atoms with Gasteiger partial charge in [-0.05, 0) is 79.1 Å². The van der Waals surface area contributed by atoms with Gasteiger partial charge < -0.3 is 24.4 Å². The van der Waals surface area contributed by atoms with E-state index in [9.17, 15) is 13.2 Å². The first-order valence-electron chi connectivity index (χ1n) is 15.7. The first-order chi connectivity index (χ1) is 23.6. The molecule has 2 aliphatic rings. The fourth-order valence-electron chi connectivity index (χ4n) is 6.49. The number of amides is 1. The van der Waals surface area contributed by atoms with E-state index in [4.69, 9.17) is 24.3 Å². The quantitative estimate of drug-likeness (QED) is 0.191. The van der Waals surface area contributed by atoms with Crippen LogP contribution >= 0.6 is 0 Å². The summed E-state index contributed by atoms with van der Waals surface area (Å²) in [5.74, 6) is 1.83. The van der Waals surface area contributed by atoms with Crippen LogP contribution in [-0.2, 0) is 14.6 Å². The Balaban J connectivity index is 1.39. The highest BCUT2D eigenvalue weighted by molar-refractivity contribution is 7.91. The van der Waals surface area contributed by atoms with Crippen molar-refractivity contribution in [3.05, 3.63) is 107 Å². The standard InChI is InChI=1S/C37H35N5O6S/c1-21(2)23-11-15-25(16-12-23)49(44,45)26-17-13-24(14-18-26)42-35-31(22(3)40-42)32(27-19-20-30(46-4)34(48-6)33(27)47-5)41-29-10-8-7-9-28(29)38-37(43)36(41)39-35/h7-21,32H,1-6H3,(H,38,43)/t32-/m0/s1. The summed E-state index contributed by atoms with van der Waals surface area (Å²) in [5, 5.41) is 7.85. The zero-order valence-electron chi connectivity index (χ0n) is 27.9. The van der Waals surface area contributed by atoms with Crippen LogP contribution in [0.15, 0.2) is 99.7 Å². The molecule has 4 aromatic carbocycles. The van der Waals surface area contributed by atoms with Crippen LogP contribution in [0.25, 0.3) is 5.69 Å². The Bertz CT molecular complexity index is 2240. The number of fused-ring (bicyclic) bond motifs is 4. The molecule has 0 saturated carbocycles. The number of para-hydroxylation sites is 2. The zero-order valence-corrected chi connectivity index (χ0v) is 28.7. The maximum Gasteiger partial charge on any atom is 0.291 e. The normalized spacial score (nSPS) is 15.2. The minimum Gasteiger partial charge on any atom is -0.493 e. The lowest BCUT2D eigenvalue weighted by Crippen LogP contribution is -2.48. The molecule has 3 heterocycles. The van der Waals surface area contributed by atoms with E-state index in [1.807, 2.05) is 54.3 Å². The van der Waals surface area contributed by atoms with Crippen molar-refractivity contribution < 1.29 is 27.4 Å². The summed E-state index contributed by atoms with van der Waals surface area (Å²) >= 11 is 0. The number of ether oxygens (including phenoxy) is 3. The molecule has 12 heteroatoms. The van der Waals surface area contributed by atoms with E-state index in [-0.39, 0.29) is 27.5 Å². The van der Waals surface area contributed by atoms with Crippen molar-refractivity contribution in [3.63, 3.8) is 0 Å². The second kappa shape index (κ2) is 12.1. The molecule has 11 nitrogen and oxygen atoms in total. The van der Waals surface area contributed by atoms with Crippen molar-refractivity contribution in [2.45, 2.75) is 42.5 Å². The summed E-state index contributed by atoms with van der Waals surface area (Å²) in [6, 6.07) is 24.1. The second-order valence-corrected chi connectivity index (χ2v) is 14.0. The lowest BCUT2D eigenvalue weighted by molar-refractivity contribution is -0.110. The number of carbonyl (C=O) groups is 1. The third-order valence-corrected chi connectivity index (χ3v) is 10.7. The number of aryl methyl sites for hydroxylation is 1. The summed E-state index contributed by atoms with van der Waals surface area (Å²) in [5.41, 5.74) is 5.12. The smallest absolute Gasteiger partial charge is 0.291 e. The number of hydrogen-bond acceptors (Lipinski definition) is 9. The predicted molar refractivity (Wildman–Crippen MR) is 187 cm³/mol. The molecule has 7 rings (SSSR count). The Hall–Kier alpha value is -5.62. The molecule has 0 spiro atoms. The molecule has 0 aliphatic carbocycles. The van der Waals surface area contributed by atoms with Gasteiger partial charge in [0.1, 0.15) is 0 Å². The minimum atomic E-state index is -3.76. The number of nitrogens with zero attached hydrogens (tertiary/aromatic N) is 4. The topological polar surface area (TPSA) is 124 Å². The summed E-state index contributed by atoms with van der Waals surface area (Å²) in [6.07, 6.45) is 0. The highest BCUT2D eigenvalue weighted by Crippen LogP contribution is 2.52. The van der Waals surface area contributed by atoms with E-state index in [2.05, 4.69) is 19.2 Å². The number of rotatable bonds is 8. The molecular formula is C37H35N5O6S. The fraction of sp³-hybridized carbons (Fsp3) is 0.216. The monoisotopic (exact) mass is 677 g/mol. The van der Waals surface area contributed by atoms with Crippen LogP contribution in [0.5, 0.6) is 17.2 Å². The highest BCUT2D eigenvalue weighted by Gasteiger charge is 2.44. The number of sulfone groups is 1.